The van der Waals surface area contributed by atoms with Crippen LogP contribution in [0.15, 0.2) is 24.3 Å². The molecule has 0 fully saturated rings. The van der Waals surface area contributed by atoms with Crippen molar-refractivity contribution in [2.24, 2.45) is 0 Å². The number of esters is 2. The van der Waals surface area contributed by atoms with E-state index in [1.807, 2.05) is 0 Å². The predicted octanol–water partition coefficient (Wildman–Crippen LogP) is 2.82. The Morgan fingerprint density at radius 1 is 1.10 bits per heavy atom. The number of hydrogen-bond donors (Lipinski definition) is 3. The van der Waals surface area contributed by atoms with Crippen LogP contribution in [0.25, 0.3) is 0 Å². The molecule has 11 heteroatoms. The Hall–Kier alpha value is -4.02. The fourth-order valence-electron chi connectivity index (χ4n) is 2.89. The monoisotopic (exact) mass is 428 g/mol. The average Bonchev–Trinajstić information content (AvgIpc) is 3.02. The lowest BCUT2D eigenvalue weighted by Gasteiger charge is -2.08. The summed E-state index contributed by atoms with van der Waals surface area (Å²) in [5.41, 5.74) is 7.60. The van der Waals surface area contributed by atoms with Gasteiger partial charge in [-0.1, -0.05) is 0 Å². The minimum absolute atomic E-state index is 0.0813. The van der Waals surface area contributed by atoms with Gasteiger partial charge < -0.3 is 25.5 Å². The Bertz CT molecular complexity index is 1110. The highest BCUT2D eigenvalue weighted by Gasteiger charge is 2.24. The number of halogens is 1. The quantitative estimate of drug-likeness (QED) is 0.484. The number of hydrogen-bond acceptors (Lipinski definition) is 9. The van der Waals surface area contributed by atoms with Crippen LogP contribution >= 0.6 is 0 Å². The number of nitrogens with two attached hydrogens (primary N) is 1. The van der Waals surface area contributed by atoms with Gasteiger partial charge in [-0.05, 0) is 50.6 Å². The number of nitrogen functional groups attached to an aromatic ring is 1. The number of nitrogens with one attached hydrogen (secondary N) is 2. The third kappa shape index (κ3) is 5.13. The number of aromatic amines is 1. The second kappa shape index (κ2) is 9.20. The molecule has 0 atom stereocenters. The van der Waals surface area contributed by atoms with Gasteiger partial charge in [-0.3, -0.25) is 0 Å². The van der Waals surface area contributed by atoms with E-state index in [0.29, 0.717) is 22.5 Å². The highest BCUT2D eigenvalue weighted by atomic mass is 19.1. The van der Waals surface area contributed by atoms with Crippen LogP contribution in [0.2, 0.25) is 0 Å². The summed E-state index contributed by atoms with van der Waals surface area (Å²) in [5, 5.41) is 2.87. The van der Waals surface area contributed by atoms with Crippen molar-refractivity contribution in [3.63, 3.8) is 0 Å². The highest BCUT2D eigenvalue weighted by molar-refractivity contribution is 5.98. The van der Waals surface area contributed by atoms with Gasteiger partial charge in [0, 0.05) is 11.4 Å². The lowest BCUT2D eigenvalue weighted by Crippen LogP contribution is -2.12. The molecular formula is C20H21FN6O4. The van der Waals surface area contributed by atoms with Crippen molar-refractivity contribution in [2.45, 2.75) is 27.4 Å². The van der Waals surface area contributed by atoms with Crippen LogP contribution in [0.5, 0.6) is 0 Å². The SMILES string of the molecule is CCOC(=O)c1c(C)[nH]c(C(=O)OCc2nc(N)nc(Nc3ccc(F)cc3)n2)c1C. The fourth-order valence-corrected chi connectivity index (χ4v) is 2.89. The topological polar surface area (TPSA) is 145 Å². The minimum atomic E-state index is -0.692. The summed E-state index contributed by atoms with van der Waals surface area (Å²) in [6.45, 7) is 4.92. The Morgan fingerprint density at radius 2 is 1.81 bits per heavy atom. The summed E-state index contributed by atoms with van der Waals surface area (Å²) in [7, 11) is 0. The van der Waals surface area contributed by atoms with Crippen LogP contribution in [-0.2, 0) is 16.1 Å². The largest absolute Gasteiger partial charge is 0.462 e. The molecule has 0 saturated carbocycles. The van der Waals surface area contributed by atoms with Crippen LogP contribution in [0.4, 0.5) is 22.0 Å². The molecule has 2 aromatic heterocycles. The Kier molecular flexibility index (Phi) is 6.43. The molecule has 0 spiro atoms. The molecule has 4 N–H and O–H groups in total. The molecule has 1 aromatic carbocycles. The molecule has 0 aliphatic rings. The van der Waals surface area contributed by atoms with Crippen LogP contribution < -0.4 is 11.1 Å². The lowest BCUT2D eigenvalue weighted by molar-refractivity contribution is 0.0455. The molecule has 31 heavy (non-hydrogen) atoms. The molecule has 10 nitrogen and oxygen atoms in total. The van der Waals surface area contributed by atoms with Gasteiger partial charge in [0.15, 0.2) is 12.4 Å². The fraction of sp³-hybridized carbons (Fsp3) is 0.250. The standard InChI is InChI=1S/C20H21FN6O4/c1-4-30-17(28)15-10(2)16(23-11(15)3)18(29)31-9-14-25-19(22)27-20(26-14)24-13-7-5-12(21)6-8-13/h5-8,23H,4,9H2,1-3H3,(H3,22,24,25,26,27). The Balaban J connectivity index is 1.72. The molecule has 3 aromatic rings. The van der Waals surface area contributed by atoms with Crippen LogP contribution in [0.3, 0.4) is 0 Å². The predicted molar refractivity (Wildman–Crippen MR) is 109 cm³/mol. The maximum Gasteiger partial charge on any atom is 0.355 e. The zero-order chi connectivity index (χ0) is 22.5. The highest BCUT2D eigenvalue weighted by Crippen LogP contribution is 2.20. The second-order valence-electron chi connectivity index (χ2n) is 6.49. The zero-order valence-electron chi connectivity index (χ0n) is 17.2. The summed E-state index contributed by atoms with van der Waals surface area (Å²) in [6.07, 6.45) is 0. The summed E-state index contributed by atoms with van der Waals surface area (Å²) in [5.74, 6) is -1.45. The number of aryl methyl sites for hydroxylation is 1. The lowest BCUT2D eigenvalue weighted by atomic mass is 10.1. The first-order valence-corrected chi connectivity index (χ1v) is 9.35. The van der Waals surface area contributed by atoms with E-state index in [4.69, 9.17) is 15.2 Å². The maximum atomic E-state index is 13.0. The summed E-state index contributed by atoms with van der Waals surface area (Å²) >= 11 is 0. The van der Waals surface area contributed by atoms with E-state index >= 15 is 0 Å². The molecule has 0 unspecified atom stereocenters. The van der Waals surface area contributed by atoms with Crippen LogP contribution in [-0.4, -0.2) is 38.5 Å². The molecule has 162 valence electrons. The van der Waals surface area contributed by atoms with Gasteiger partial charge in [-0.15, -0.1) is 0 Å². The first-order chi connectivity index (χ1) is 14.8. The van der Waals surface area contributed by atoms with E-state index in [9.17, 15) is 14.0 Å². The van der Waals surface area contributed by atoms with E-state index in [1.54, 1.807) is 20.8 Å². The van der Waals surface area contributed by atoms with E-state index in [1.165, 1.54) is 24.3 Å². The molecule has 2 heterocycles. The van der Waals surface area contributed by atoms with Gasteiger partial charge in [0.05, 0.1) is 12.2 Å². The number of anilines is 3. The van der Waals surface area contributed by atoms with Crippen molar-refractivity contribution in [1.29, 1.82) is 0 Å². The Labute approximate surface area is 177 Å². The number of H-pyrrole nitrogens is 1. The van der Waals surface area contributed by atoms with Gasteiger partial charge in [0.25, 0.3) is 0 Å². The molecule has 3 rings (SSSR count). The molecule has 0 bridgehead atoms. The summed E-state index contributed by atoms with van der Waals surface area (Å²) in [6, 6.07) is 5.57. The molecule has 0 aliphatic carbocycles. The first kappa shape index (κ1) is 21.7. The van der Waals surface area contributed by atoms with Crippen molar-refractivity contribution in [1.82, 2.24) is 19.9 Å². The molecular weight excluding hydrogens is 407 g/mol. The van der Waals surface area contributed by atoms with E-state index in [0.717, 1.165) is 0 Å². The van der Waals surface area contributed by atoms with E-state index < -0.39 is 11.9 Å². The number of carbonyl (C=O) groups excluding carboxylic acids is 2. The second-order valence-corrected chi connectivity index (χ2v) is 6.49. The van der Waals surface area contributed by atoms with Crippen LogP contribution in [0, 0.1) is 19.7 Å². The number of carbonyl (C=O) groups is 2. The Morgan fingerprint density at radius 3 is 2.48 bits per heavy atom. The van der Waals surface area contributed by atoms with Crippen molar-refractivity contribution >= 4 is 29.5 Å². The number of ether oxygens (including phenoxy) is 2. The van der Waals surface area contributed by atoms with Crippen molar-refractivity contribution in [3.05, 3.63) is 58.4 Å². The van der Waals surface area contributed by atoms with Crippen molar-refractivity contribution < 1.29 is 23.5 Å². The summed E-state index contributed by atoms with van der Waals surface area (Å²) < 4.78 is 23.3. The molecule has 0 amide bonds. The van der Waals surface area contributed by atoms with E-state index in [2.05, 4.69) is 25.3 Å². The van der Waals surface area contributed by atoms with E-state index in [-0.39, 0.29) is 42.4 Å². The van der Waals surface area contributed by atoms with Crippen molar-refractivity contribution in [2.75, 3.05) is 17.7 Å². The number of nitrogens with zero attached hydrogens (tertiary/aromatic N) is 3. The van der Waals surface area contributed by atoms with Gasteiger partial charge in [-0.2, -0.15) is 15.0 Å². The molecule has 0 aliphatic heterocycles. The zero-order valence-corrected chi connectivity index (χ0v) is 17.2. The average molecular weight is 428 g/mol. The van der Waals surface area contributed by atoms with Crippen LogP contribution in [0.1, 0.15) is 44.9 Å². The molecule has 0 radical (unpaired) electrons. The summed E-state index contributed by atoms with van der Waals surface area (Å²) in [4.78, 5) is 39.5. The number of rotatable bonds is 7. The first-order valence-electron chi connectivity index (χ1n) is 9.35. The number of benzene rings is 1. The maximum absolute atomic E-state index is 13.0. The third-order valence-corrected chi connectivity index (χ3v) is 4.25. The van der Waals surface area contributed by atoms with Gasteiger partial charge in [0.1, 0.15) is 11.5 Å². The molecule has 0 saturated heterocycles. The smallest absolute Gasteiger partial charge is 0.355 e. The normalized spacial score (nSPS) is 10.6. The van der Waals surface area contributed by atoms with Crippen molar-refractivity contribution in [3.8, 4) is 0 Å². The van der Waals surface area contributed by atoms with Gasteiger partial charge in [-0.25, -0.2) is 14.0 Å². The van der Waals surface area contributed by atoms with Gasteiger partial charge in [0.2, 0.25) is 11.9 Å². The number of aromatic nitrogens is 4. The van der Waals surface area contributed by atoms with Gasteiger partial charge >= 0.3 is 11.9 Å². The minimum Gasteiger partial charge on any atom is -0.462 e. The third-order valence-electron chi connectivity index (χ3n) is 4.25.